The zero-order valence-electron chi connectivity index (χ0n) is 22.6. The number of hydrogen-bond donors (Lipinski definition) is 5. The molecule has 0 unspecified atom stereocenters. The largest absolute Gasteiger partial charge is 0.393 e. The number of aromatic nitrogens is 3. The van der Waals surface area contributed by atoms with Gasteiger partial charge in [0.15, 0.2) is 5.82 Å². The number of nitrogens with zero attached hydrogens (tertiary/aromatic N) is 4. The molecule has 41 heavy (non-hydrogen) atoms. The summed E-state index contributed by atoms with van der Waals surface area (Å²) in [6.07, 6.45) is 5.67. The van der Waals surface area contributed by atoms with E-state index in [-0.39, 0.29) is 36.3 Å². The molecule has 0 spiro atoms. The van der Waals surface area contributed by atoms with Crippen LogP contribution < -0.4 is 21.3 Å². The quantitative estimate of drug-likeness (QED) is 0.216. The fraction of sp³-hybridized carbons (Fsp3) is 0.333. The number of benzene rings is 2. The van der Waals surface area contributed by atoms with Crippen molar-refractivity contribution in [2.24, 2.45) is 0 Å². The van der Waals surface area contributed by atoms with Crippen LogP contribution >= 0.6 is 11.3 Å². The average Bonchev–Trinajstić information content (AvgIpc) is 3.42. The molecular formula is C30H33N7O3S. The molecule has 0 bridgehead atoms. The number of aliphatic hydroxyl groups is 2. The number of carbonyl (C=O) groups is 1. The van der Waals surface area contributed by atoms with Gasteiger partial charge >= 0.3 is 0 Å². The normalized spacial score (nSPS) is 15.4. The van der Waals surface area contributed by atoms with Crippen LogP contribution in [-0.4, -0.2) is 50.3 Å². The minimum atomic E-state index is -0.323. The van der Waals surface area contributed by atoms with Crippen LogP contribution in [0.15, 0.2) is 48.5 Å². The number of rotatable bonds is 7. The number of amides is 1. The van der Waals surface area contributed by atoms with Crippen LogP contribution in [0.2, 0.25) is 0 Å². The van der Waals surface area contributed by atoms with E-state index in [0.29, 0.717) is 21.7 Å². The van der Waals surface area contributed by atoms with Gasteiger partial charge in [-0.05, 0) is 80.5 Å². The summed E-state index contributed by atoms with van der Waals surface area (Å²) in [5.74, 6) is 0.389. The van der Waals surface area contributed by atoms with Crippen LogP contribution in [0, 0.1) is 0 Å². The number of nitrogens with one attached hydrogen (secondary N) is 2. The van der Waals surface area contributed by atoms with Gasteiger partial charge in [-0.3, -0.25) is 4.79 Å². The molecule has 2 aromatic carbocycles. The van der Waals surface area contributed by atoms with Crippen LogP contribution in [0.1, 0.15) is 51.4 Å². The summed E-state index contributed by atoms with van der Waals surface area (Å²) in [5, 5.41) is 26.3. The van der Waals surface area contributed by atoms with Crippen molar-refractivity contribution in [2.45, 2.75) is 51.2 Å². The minimum Gasteiger partial charge on any atom is -0.393 e. The molecule has 1 aliphatic heterocycles. The Morgan fingerprint density at radius 2 is 1.83 bits per heavy atom. The highest BCUT2D eigenvalue weighted by Crippen LogP contribution is 2.32. The molecule has 3 heterocycles. The van der Waals surface area contributed by atoms with Crippen LogP contribution in [0.5, 0.6) is 0 Å². The molecule has 10 nitrogen and oxygen atoms in total. The molecule has 1 aliphatic carbocycles. The second-order valence-corrected chi connectivity index (χ2v) is 11.6. The van der Waals surface area contributed by atoms with E-state index in [0.717, 1.165) is 63.0 Å². The van der Waals surface area contributed by atoms with Gasteiger partial charge in [-0.1, -0.05) is 12.1 Å². The zero-order chi connectivity index (χ0) is 28.3. The molecule has 11 heteroatoms. The van der Waals surface area contributed by atoms with Gasteiger partial charge < -0.3 is 31.5 Å². The number of piperidine rings is 1. The Hall–Kier alpha value is -4.06. The summed E-state index contributed by atoms with van der Waals surface area (Å²) < 4.78 is 0. The number of hydrogen-bond acceptors (Lipinski definition) is 10. The van der Waals surface area contributed by atoms with Crippen LogP contribution in [0.3, 0.4) is 0 Å². The Morgan fingerprint density at radius 1 is 1.05 bits per heavy atom. The number of anilines is 5. The molecule has 0 radical (unpaired) electrons. The minimum absolute atomic E-state index is 0.0310. The summed E-state index contributed by atoms with van der Waals surface area (Å²) in [5.41, 5.74) is 10.7. The molecule has 6 N–H and O–H groups in total. The Balaban J connectivity index is 1.21. The van der Waals surface area contributed by atoms with Crippen molar-refractivity contribution in [3.8, 4) is 11.4 Å². The zero-order valence-corrected chi connectivity index (χ0v) is 23.5. The van der Waals surface area contributed by atoms with E-state index in [1.807, 2.05) is 30.3 Å². The first-order chi connectivity index (χ1) is 20.0. The molecule has 2 aliphatic rings. The molecule has 4 aromatic rings. The lowest BCUT2D eigenvalue weighted by Gasteiger charge is -2.31. The Morgan fingerprint density at radius 3 is 2.59 bits per heavy atom. The van der Waals surface area contributed by atoms with Crippen LogP contribution in [0.25, 0.3) is 11.4 Å². The maximum atomic E-state index is 13.1. The van der Waals surface area contributed by atoms with E-state index in [4.69, 9.17) is 5.73 Å². The molecule has 6 rings (SSSR count). The number of aliphatic hydroxyl groups excluding tert-OH is 2. The highest BCUT2D eigenvalue weighted by Gasteiger charge is 2.21. The second kappa shape index (κ2) is 11.8. The molecule has 0 saturated carbocycles. The molecule has 212 valence electrons. The molecule has 1 fully saturated rings. The van der Waals surface area contributed by atoms with E-state index in [1.165, 1.54) is 10.4 Å². The first kappa shape index (κ1) is 27.1. The van der Waals surface area contributed by atoms with Crippen LogP contribution in [0.4, 0.5) is 29.0 Å². The monoisotopic (exact) mass is 571 g/mol. The van der Waals surface area contributed by atoms with Gasteiger partial charge in [0.1, 0.15) is 0 Å². The first-order valence-corrected chi connectivity index (χ1v) is 14.8. The van der Waals surface area contributed by atoms with Gasteiger partial charge in [0.2, 0.25) is 11.9 Å². The maximum absolute atomic E-state index is 13.1. The third-order valence-electron chi connectivity index (χ3n) is 7.65. The predicted molar refractivity (Wildman–Crippen MR) is 162 cm³/mol. The second-order valence-electron chi connectivity index (χ2n) is 10.4. The molecule has 0 atom stereocenters. The predicted octanol–water partition coefficient (Wildman–Crippen LogP) is 4.51. The molecular weight excluding hydrogens is 538 g/mol. The molecule has 2 aromatic heterocycles. The average molecular weight is 572 g/mol. The maximum Gasteiger partial charge on any atom is 0.265 e. The van der Waals surface area contributed by atoms with Crippen molar-refractivity contribution >= 4 is 46.2 Å². The Bertz CT molecular complexity index is 1520. The highest BCUT2D eigenvalue weighted by molar-refractivity contribution is 7.14. The summed E-state index contributed by atoms with van der Waals surface area (Å²) in [4.78, 5) is 30.5. The lowest BCUT2D eigenvalue weighted by molar-refractivity contribution is 0.103. The lowest BCUT2D eigenvalue weighted by Crippen LogP contribution is -2.35. The van der Waals surface area contributed by atoms with Crippen molar-refractivity contribution in [3.05, 3.63) is 69.4 Å². The van der Waals surface area contributed by atoms with Crippen molar-refractivity contribution < 1.29 is 15.0 Å². The van der Waals surface area contributed by atoms with Gasteiger partial charge in [0.05, 0.1) is 17.6 Å². The van der Waals surface area contributed by atoms with Crippen LogP contribution in [-0.2, 0) is 19.4 Å². The number of aryl methyl sites for hydroxylation is 2. The first-order valence-electron chi connectivity index (χ1n) is 13.9. The number of nitrogens with two attached hydrogens (primary N) is 1. The van der Waals surface area contributed by atoms with E-state index in [1.54, 1.807) is 29.5 Å². The standard InChI is InChI=1S/C30H33N7O3S/c31-29-34-27(35-30(36-29)32-19-8-10-20(11-9-19)37-14-12-21(39)13-15-37)22-5-3-6-24(23(22)17-38)33-28(40)26-16-18-4-1-2-7-25(18)41-26/h3,5-6,8-11,16,21,38-39H,1-2,4,7,12-15,17H2,(H,33,40)(H3,31,32,34,35,36). The third-order valence-corrected chi connectivity index (χ3v) is 8.89. The molecule has 1 saturated heterocycles. The lowest BCUT2D eigenvalue weighted by atomic mass is 9.99. The highest BCUT2D eigenvalue weighted by atomic mass is 32.1. The van der Waals surface area contributed by atoms with Crippen molar-refractivity contribution in [2.75, 3.05) is 34.4 Å². The van der Waals surface area contributed by atoms with Gasteiger partial charge in [-0.15, -0.1) is 11.3 Å². The number of carbonyl (C=O) groups excluding carboxylic acids is 1. The van der Waals surface area contributed by atoms with Gasteiger partial charge in [0.25, 0.3) is 5.91 Å². The smallest absolute Gasteiger partial charge is 0.265 e. The van der Waals surface area contributed by atoms with E-state index in [2.05, 4.69) is 30.5 Å². The molecule has 1 amide bonds. The van der Waals surface area contributed by atoms with Gasteiger partial charge in [-0.25, -0.2) is 0 Å². The van der Waals surface area contributed by atoms with Crippen molar-refractivity contribution in [3.63, 3.8) is 0 Å². The van der Waals surface area contributed by atoms with Crippen molar-refractivity contribution in [1.29, 1.82) is 0 Å². The van der Waals surface area contributed by atoms with Gasteiger partial charge in [0, 0.05) is 46.2 Å². The van der Waals surface area contributed by atoms with E-state index in [9.17, 15) is 15.0 Å². The van der Waals surface area contributed by atoms with Crippen molar-refractivity contribution in [1.82, 2.24) is 15.0 Å². The Kier molecular flexibility index (Phi) is 7.82. The summed E-state index contributed by atoms with van der Waals surface area (Å²) in [6, 6.07) is 15.2. The SMILES string of the molecule is Nc1nc(Nc2ccc(N3CCC(O)CC3)cc2)nc(-c2cccc(NC(=O)c3cc4c(s3)CCCC4)c2CO)n1. The van der Waals surface area contributed by atoms with E-state index >= 15 is 0 Å². The number of thiophene rings is 1. The summed E-state index contributed by atoms with van der Waals surface area (Å²) >= 11 is 1.55. The van der Waals surface area contributed by atoms with Gasteiger partial charge in [-0.2, -0.15) is 15.0 Å². The van der Waals surface area contributed by atoms with E-state index < -0.39 is 0 Å². The topological polar surface area (TPSA) is 150 Å². The summed E-state index contributed by atoms with van der Waals surface area (Å²) in [7, 11) is 0. The third kappa shape index (κ3) is 6.02. The fourth-order valence-corrected chi connectivity index (χ4v) is 6.60. The fourth-order valence-electron chi connectivity index (χ4n) is 5.45. The summed E-state index contributed by atoms with van der Waals surface area (Å²) in [6.45, 7) is 1.32. The number of fused-ring (bicyclic) bond motifs is 1. The number of nitrogen functional groups attached to an aromatic ring is 1. The Labute approximate surface area is 242 Å².